The van der Waals surface area contributed by atoms with Crippen molar-refractivity contribution in [2.75, 3.05) is 0 Å². The first-order chi connectivity index (χ1) is 17.7. The summed E-state index contributed by atoms with van der Waals surface area (Å²) >= 11 is 0. The molecule has 6 heteroatoms. The monoisotopic (exact) mass is 514 g/mol. The Balaban J connectivity index is 1.56. The van der Waals surface area contributed by atoms with Crippen LogP contribution in [0, 0.1) is 0 Å². The lowest BCUT2D eigenvalue weighted by molar-refractivity contribution is 0.0876. The number of hydrogen-bond donors (Lipinski definition) is 0. The lowest BCUT2D eigenvalue weighted by Gasteiger charge is -2.21. The third-order valence-corrected chi connectivity index (χ3v) is 5.37. The van der Waals surface area contributed by atoms with Gasteiger partial charge in [0.2, 0.25) is 0 Å². The topological polar surface area (TPSA) is 86.7 Å². The molecule has 0 heterocycles. The fourth-order valence-electron chi connectivity index (χ4n) is 3.67. The third-order valence-electron chi connectivity index (χ3n) is 5.37. The highest BCUT2D eigenvalue weighted by Gasteiger charge is 2.18. The number of Topliss-reactive ketones (excluding diaryl/α,β-unsaturated/α-hetero) is 4. The number of ether oxygens (including phenoxy) is 2. The Kier molecular flexibility index (Phi) is 8.67. The molecule has 0 spiro atoms. The predicted octanol–water partition coefficient (Wildman–Crippen LogP) is 6.95. The summed E-state index contributed by atoms with van der Waals surface area (Å²) in [6.45, 7) is 11.6. The molecule has 0 saturated carbocycles. The number of rotatable bonds is 10. The Labute approximate surface area is 224 Å². The van der Waals surface area contributed by atoms with Gasteiger partial charge in [0.25, 0.3) is 0 Å². The lowest BCUT2D eigenvalue weighted by atomic mass is 9.98. The minimum Gasteiger partial charge on any atom is -0.488 e. The standard InChI is InChI=1S/C32H34O6/c1-31(2,3)37-25-15-11-23(12-16-25)29(35)19-27(33)21-7-9-22(10-8-21)28(34)20-30(36)24-13-17-26(18-14-24)38-32(4,5)6/h7-18H,19-20H2,1-6H3. The van der Waals surface area contributed by atoms with Gasteiger partial charge in [-0.3, -0.25) is 19.2 Å². The highest BCUT2D eigenvalue weighted by molar-refractivity contribution is 6.15. The first kappa shape index (κ1) is 28.5. The van der Waals surface area contributed by atoms with Gasteiger partial charge in [-0.2, -0.15) is 0 Å². The van der Waals surface area contributed by atoms with Gasteiger partial charge in [0.15, 0.2) is 23.1 Å². The molecule has 0 unspecified atom stereocenters. The summed E-state index contributed by atoms with van der Waals surface area (Å²) in [5, 5.41) is 0. The second-order valence-electron chi connectivity index (χ2n) is 11.1. The molecule has 0 saturated heterocycles. The number of carbonyl (C=O) groups is 4. The molecule has 0 fully saturated rings. The highest BCUT2D eigenvalue weighted by atomic mass is 16.5. The maximum absolute atomic E-state index is 12.6. The summed E-state index contributed by atoms with van der Waals surface area (Å²) in [5.41, 5.74) is 0.780. The number of hydrogen-bond acceptors (Lipinski definition) is 6. The van der Waals surface area contributed by atoms with Gasteiger partial charge in [-0.15, -0.1) is 0 Å². The second kappa shape index (κ2) is 11.5. The van der Waals surface area contributed by atoms with E-state index in [1.54, 1.807) is 48.5 Å². The lowest BCUT2D eigenvalue weighted by Crippen LogP contribution is -2.22. The Morgan fingerprint density at radius 3 is 0.868 bits per heavy atom. The van der Waals surface area contributed by atoms with Crippen LogP contribution >= 0.6 is 0 Å². The molecular weight excluding hydrogens is 480 g/mol. The first-order valence-electron chi connectivity index (χ1n) is 12.5. The van der Waals surface area contributed by atoms with Crippen LogP contribution in [0.5, 0.6) is 11.5 Å². The molecule has 0 aliphatic heterocycles. The van der Waals surface area contributed by atoms with Crippen molar-refractivity contribution in [3.8, 4) is 11.5 Å². The molecule has 0 radical (unpaired) electrons. The maximum atomic E-state index is 12.6. The number of ketones is 4. The highest BCUT2D eigenvalue weighted by Crippen LogP contribution is 2.21. The van der Waals surface area contributed by atoms with Crippen molar-refractivity contribution in [1.29, 1.82) is 0 Å². The molecule has 0 atom stereocenters. The van der Waals surface area contributed by atoms with E-state index in [0.717, 1.165) is 0 Å². The Morgan fingerprint density at radius 2 is 0.658 bits per heavy atom. The van der Waals surface area contributed by atoms with Crippen LogP contribution in [0.2, 0.25) is 0 Å². The largest absolute Gasteiger partial charge is 0.488 e. The van der Waals surface area contributed by atoms with Gasteiger partial charge in [-0.05, 0) is 90.1 Å². The summed E-state index contributed by atoms with van der Waals surface area (Å²) < 4.78 is 11.5. The van der Waals surface area contributed by atoms with E-state index >= 15 is 0 Å². The van der Waals surface area contributed by atoms with Crippen molar-refractivity contribution in [3.63, 3.8) is 0 Å². The number of benzene rings is 3. The van der Waals surface area contributed by atoms with E-state index in [-0.39, 0.29) is 47.2 Å². The molecule has 0 N–H and O–H groups in total. The van der Waals surface area contributed by atoms with Crippen molar-refractivity contribution < 1.29 is 28.7 Å². The van der Waals surface area contributed by atoms with Gasteiger partial charge in [0.05, 0.1) is 12.8 Å². The summed E-state index contributed by atoms with van der Waals surface area (Å²) in [7, 11) is 0. The van der Waals surface area contributed by atoms with E-state index in [2.05, 4.69) is 0 Å². The molecular formula is C32H34O6. The zero-order valence-electron chi connectivity index (χ0n) is 22.8. The SMILES string of the molecule is CC(C)(C)Oc1ccc(C(=O)CC(=O)c2ccc(C(=O)CC(=O)c3ccc(OC(C)(C)C)cc3)cc2)cc1. The molecule has 3 rings (SSSR count). The van der Waals surface area contributed by atoms with Crippen LogP contribution < -0.4 is 9.47 Å². The van der Waals surface area contributed by atoms with E-state index in [1.807, 2.05) is 41.5 Å². The van der Waals surface area contributed by atoms with Crippen LogP contribution in [0.4, 0.5) is 0 Å². The van der Waals surface area contributed by atoms with Crippen LogP contribution in [-0.4, -0.2) is 34.3 Å². The summed E-state index contributed by atoms with van der Waals surface area (Å²) in [4.78, 5) is 50.5. The van der Waals surface area contributed by atoms with Gasteiger partial charge in [-0.25, -0.2) is 0 Å². The van der Waals surface area contributed by atoms with Gasteiger partial charge in [0.1, 0.15) is 22.7 Å². The molecule has 38 heavy (non-hydrogen) atoms. The van der Waals surface area contributed by atoms with Gasteiger partial charge in [0, 0.05) is 22.3 Å². The Morgan fingerprint density at radius 1 is 0.447 bits per heavy atom. The zero-order valence-corrected chi connectivity index (χ0v) is 22.8. The summed E-state index contributed by atoms with van der Waals surface area (Å²) in [6.07, 6.45) is -0.583. The molecule has 6 nitrogen and oxygen atoms in total. The normalized spacial score (nSPS) is 11.5. The van der Waals surface area contributed by atoms with Crippen molar-refractivity contribution in [3.05, 3.63) is 95.1 Å². The van der Waals surface area contributed by atoms with Crippen LogP contribution in [0.1, 0.15) is 95.8 Å². The summed E-state index contributed by atoms with van der Waals surface area (Å²) in [6, 6.07) is 19.4. The average molecular weight is 515 g/mol. The van der Waals surface area contributed by atoms with Crippen LogP contribution in [0.15, 0.2) is 72.8 Å². The zero-order chi connectivity index (χ0) is 28.1. The molecule has 0 amide bonds. The fraction of sp³-hybridized carbons (Fsp3) is 0.312. The molecule has 0 aromatic heterocycles. The quantitative estimate of drug-likeness (QED) is 0.215. The van der Waals surface area contributed by atoms with E-state index in [9.17, 15) is 19.2 Å². The van der Waals surface area contributed by atoms with Crippen molar-refractivity contribution in [1.82, 2.24) is 0 Å². The van der Waals surface area contributed by atoms with E-state index in [0.29, 0.717) is 33.8 Å². The Hall–Kier alpha value is -4.06. The van der Waals surface area contributed by atoms with Crippen LogP contribution in [0.25, 0.3) is 0 Å². The van der Waals surface area contributed by atoms with Crippen molar-refractivity contribution in [2.24, 2.45) is 0 Å². The first-order valence-corrected chi connectivity index (χ1v) is 12.5. The predicted molar refractivity (Wildman–Crippen MR) is 147 cm³/mol. The molecule has 0 aliphatic rings. The van der Waals surface area contributed by atoms with Gasteiger partial charge < -0.3 is 9.47 Å². The van der Waals surface area contributed by atoms with Crippen molar-refractivity contribution in [2.45, 2.75) is 65.6 Å². The smallest absolute Gasteiger partial charge is 0.170 e. The molecule has 0 bridgehead atoms. The molecule has 3 aromatic carbocycles. The molecule has 0 aliphatic carbocycles. The minimum absolute atomic E-state index is 0.291. The number of carbonyl (C=O) groups excluding carboxylic acids is 4. The summed E-state index contributed by atoms with van der Waals surface area (Å²) in [5.74, 6) is -0.0179. The van der Waals surface area contributed by atoms with Gasteiger partial charge >= 0.3 is 0 Å². The van der Waals surface area contributed by atoms with Crippen LogP contribution in [0.3, 0.4) is 0 Å². The third kappa shape index (κ3) is 8.51. The van der Waals surface area contributed by atoms with E-state index in [4.69, 9.17) is 9.47 Å². The minimum atomic E-state index is -0.352. The van der Waals surface area contributed by atoms with E-state index in [1.165, 1.54) is 24.3 Å². The molecule has 3 aromatic rings. The van der Waals surface area contributed by atoms with E-state index < -0.39 is 0 Å². The average Bonchev–Trinajstić information content (AvgIpc) is 2.83. The second-order valence-corrected chi connectivity index (χ2v) is 11.1. The van der Waals surface area contributed by atoms with Crippen molar-refractivity contribution >= 4 is 23.1 Å². The fourth-order valence-corrected chi connectivity index (χ4v) is 3.67. The Bertz CT molecular complexity index is 1200. The molecule has 198 valence electrons. The van der Waals surface area contributed by atoms with Gasteiger partial charge in [-0.1, -0.05) is 24.3 Å². The maximum Gasteiger partial charge on any atom is 0.170 e. The van der Waals surface area contributed by atoms with Crippen LogP contribution in [-0.2, 0) is 0 Å².